The van der Waals surface area contributed by atoms with E-state index in [-0.39, 0.29) is 11.5 Å². The van der Waals surface area contributed by atoms with Crippen LogP contribution in [0.2, 0.25) is 5.02 Å². The quantitative estimate of drug-likeness (QED) is 0.494. The number of benzene rings is 1. The molecule has 8 nitrogen and oxygen atoms in total. The summed E-state index contributed by atoms with van der Waals surface area (Å²) in [6.07, 6.45) is 2.83. The summed E-state index contributed by atoms with van der Waals surface area (Å²) < 4.78 is 10.3. The van der Waals surface area contributed by atoms with E-state index < -0.39 is 4.92 Å². The number of rotatable bonds is 6. The molecule has 0 unspecified atom stereocenters. The molecule has 1 N–H and O–H groups in total. The number of nitrogens with zero attached hydrogens (tertiary/aromatic N) is 3. The lowest BCUT2D eigenvalue weighted by Gasteiger charge is -2.09. The molecule has 0 atom stereocenters. The Kier molecular flexibility index (Phi) is 5.32. The number of nitro groups is 1. The number of hydrazone groups is 1. The maximum Gasteiger partial charge on any atom is 0.313 e. The van der Waals surface area contributed by atoms with Gasteiger partial charge in [-0.3, -0.25) is 15.5 Å². The van der Waals surface area contributed by atoms with E-state index in [1.807, 2.05) is 0 Å². The largest absolute Gasteiger partial charge is 0.493 e. The summed E-state index contributed by atoms with van der Waals surface area (Å²) in [6.45, 7) is 0. The summed E-state index contributed by atoms with van der Waals surface area (Å²) in [5.41, 5.74) is 2.90. The van der Waals surface area contributed by atoms with Crippen LogP contribution in [0.4, 0.5) is 11.5 Å². The molecule has 2 rings (SSSR count). The van der Waals surface area contributed by atoms with Crippen molar-refractivity contribution in [3.8, 4) is 11.5 Å². The lowest BCUT2D eigenvalue weighted by Crippen LogP contribution is -1.99. The highest BCUT2D eigenvalue weighted by atomic mass is 35.5. The summed E-state index contributed by atoms with van der Waals surface area (Å²) in [7, 11) is 3.01. The highest BCUT2D eigenvalue weighted by molar-refractivity contribution is 6.33. The SMILES string of the molecule is COc1cc(Cl)c(/C=N\Nc2ncccc2[N+](=O)[O-])cc1OC. The van der Waals surface area contributed by atoms with Gasteiger partial charge in [0.15, 0.2) is 11.5 Å². The van der Waals surface area contributed by atoms with Gasteiger partial charge in [0, 0.05) is 23.9 Å². The highest BCUT2D eigenvalue weighted by Gasteiger charge is 2.13. The summed E-state index contributed by atoms with van der Waals surface area (Å²) in [6, 6.07) is 6.02. The van der Waals surface area contributed by atoms with Crippen molar-refractivity contribution in [2.24, 2.45) is 5.10 Å². The predicted molar refractivity (Wildman–Crippen MR) is 86.7 cm³/mol. The van der Waals surface area contributed by atoms with E-state index in [1.165, 1.54) is 38.8 Å². The van der Waals surface area contributed by atoms with Crippen LogP contribution in [0.5, 0.6) is 11.5 Å². The third kappa shape index (κ3) is 3.86. The molecular formula is C14H13ClN4O4. The molecular weight excluding hydrogens is 324 g/mol. The molecule has 120 valence electrons. The zero-order valence-electron chi connectivity index (χ0n) is 12.3. The Bertz CT molecular complexity index is 752. The number of pyridine rings is 1. The third-order valence-electron chi connectivity index (χ3n) is 2.86. The Morgan fingerprint density at radius 3 is 2.70 bits per heavy atom. The predicted octanol–water partition coefficient (Wildman–Crippen LogP) is 3.11. The highest BCUT2D eigenvalue weighted by Crippen LogP contribution is 2.32. The molecule has 1 heterocycles. The molecule has 0 saturated carbocycles. The Morgan fingerprint density at radius 2 is 2.04 bits per heavy atom. The van der Waals surface area contributed by atoms with Gasteiger partial charge in [-0.25, -0.2) is 4.98 Å². The Hall–Kier alpha value is -2.87. The summed E-state index contributed by atoms with van der Waals surface area (Å²) in [4.78, 5) is 14.2. The van der Waals surface area contributed by atoms with Crippen molar-refractivity contribution in [1.29, 1.82) is 0 Å². The van der Waals surface area contributed by atoms with Crippen LogP contribution in [0.1, 0.15) is 5.56 Å². The maximum atomic E-state index is 10.9. The maximum absolute atomic E-state index is 10.9. The normalized spacial score (nSPS) is 10.6. The number of hydrogen-bond donors (Lipinski definition) is 1. The van der Waals surface area contributed by atoms with Gasteiger partial charge in [0.1, 0.15) is 0 Å². The summed E-state index contributed by atoms with van der Waals surface area (Å²) in [5.74, 6) is 1.01. The van der Waals surface area contributed by atoms with Crippen LogP contribution >= 0.6 is 11.6 Å². The zero-order chi connectivity index (χ0) is 16.8. The van der Waals surface area contributed by atoms with Gasteiger partial charge in [-0.1, -0.05) is 11.6 Å². The Balaban J connectivity index is 2.23. The fourth-order valence-electron chi connectivity index (χ4n) is 1.76. The smallest absolute Gasteiger partial charge is 0.313 e. The lowest BCUT2D eigenvalue weighted by molar-refractivity contribution is -0.384. The van der Waals surface area contributed by atoms with Gasteiger partial charge in [-0.15, -0.1) is 0 Å². The molecule has 0 aliphatic heterocycles. The van der Waals surface area contributed by atoms with Gasteiger partial charge in [0.25, 0.3) is 0 Å². The molecule has 2 aromatic rings. The number of nitrogens with one attached hydrogen (secondary N) is 1. The minimum absolute atomic E-state index is 0.0327. The Labute approximate surface area is 136 Å². The first-order valence-electron chi connectivity index (χ1n) is 6.36. The van der Waals surface area contributed by atoms with E-state index in [1.54, 1.807) is 12.1 Å². The first kappa shape index (κ1) is 16.5. The average Bonchev–Trinajstić information content (AvgIpc) is 2.56. The second-order valence-electron chi connectivity index (χ2n) is 4.23. The van der Waals surface area contributed by atoms with Gasteiger partial charge >= 0.3 is 5.69 Å². The second kappa shape index (κ2) is 7.41. The van der Waals surface area contributed by atoms with Crippen LogP contribution in [0, 0.1) is 10.1 Å². The van der Waals surface area contributed by atoms with Crippen molar-refractivity contribution in [3.05, 3.63) is 51.2 Å². The standard InChI is InChI=1S/C14H13ClN4O4/c1-22-12-6-9(10(15)7-13(12)23-2)8-17-18-14-11(19(20)21)4-3-5-16-14/h3-8H,1-2H3,(H,16,18)/b17-8-. The topological polar surface area (TPSA) is 98.9 Å². The molecule has 0 aliphatic carbocycles. The molecule has 0 radical (unpaired) electrons. The monoisotopic (exact) mass is 336 g/mol. The van der Waals surface area contributed by atoms with E-state index in [0.29, 0.717) is 22.1 Å². The fraction of sp³-hybridized carbons (Fsp3) is 0.143. The van der Waals surface area contributed by atoms with E-state index in [4.69, 9.17) is 21.1 Å². The van der Waals surface area contributed by atoms with Gasteiger partial charge < -0.3 is 9.47 Å². The Morgan fingerprint density at radius 1 is 1.35 bits per heavy atom. The zero-order valence-corrected chi connectivity index (χ0v) is 13.1. The van der Waals surface area contributed by atoms with Crippen LogP contribution in [0.15, 0.2) is 35.6 Å². The molecule has 0 aliphatic rings. The summed E-state index contributed by atoms with van der Waals surface area (Å²) >= 11 is 6.12. The molecule has 0 saturated heterocycles. The van der Waals surface area contributed by atoms with Crippen LogP contribution in [-0.2, 0) is 0 Å². The molecule has 0 amide bonds. The van der Waals surface area contributed by atoms with Gasteiger partial charge in [-0.05, 0) is 12.1 Å². The third-order valence-corrected chi connectivity index (χ3v) is 3.19. The molecule has 0 fully saturated rings. The number of halogens is 1. The van der Waals surface area contributed by atoms with Crippen molar-refractivity contribution in [2.75, 3.05) is 19.6 Å². The van der Waals surface area contributed by atoms with Crippen LogP contribution < -0.4 is 14.9 Å². The van der Waals surface area contributed by atoms with Gasteiger partial charge in [0.05, 0.1) is 30.4 Å². The number of anilines is 1. The molecule has 23 heavy (non-hydrogen) atoms. The molecule has 0 spiro atoms. The van der Waals surface area contributed by atoms with Crippen molar-refractivity contribution in [2.45, 2.75) is 0 Å². The molecule has 9 heteroatoms. The number of methoxy groups -OCH3 is 2. The first-order valence-corrected chi connectivity index (χ1v) is 6.74. The van der Waals surface area contributed by atoms with E-state index in [9.17, 15) is 10.1 Å². The van der Waals surface area contributed by atoms with Crippen LogP contribution in [0.3, 0.4) is 0 Å². The minimum atomic E-state index is -0.547. The lowest BCUT2D eigenvalue weighted by atomic mass is 10.2. The van der Waals surface area contributed by atoms with Gasteiger partial charge in [0.2, 0.25) is 5.82 Å². The van der Waals surface area contributed by atoms with E-state index in [2.05, 4.69) is 15.5 Å². The number of aromatic nitrogens is 1. The fourth-order valence-corrected chi connectivity index (χ4v) is 1.96. The van der Waals surface area contributed by atoms with E-state index in [0.717, 1.165) is 0 Å². The van der Waals surface area contributed by atoms with Crippen molar-refractivity contribution < 1.29 is 14.4 Å². The molecule has 1 aromatic heterocycles. The second-order valence-corrected chi connectivity index (χ2v) is 4.63. The average molecular weight is 337 g/mol. The van der Waals surface area contributed by atoms with Crippen molar-refractivity contribution in [3.63, 3.8) is 0 Å². The first-order chi connectivity index (χ1) is 11.1. The van der Waals surface area contributed by atoms with Crippen LogP contribution in [-0.4, -0.2) is 30.3 Å². The minimum Gasteiger partial charge on any atom is -0.493 e. The number of ether oxygens (including phenoxy) is 2. The van der Waals surface area contributed by atoms with E-state index >= 15 is 0 Å². The van der Waals surface area contributed by atoms with Crippen molar-refractivity contribution in [1.82, 2.24) is 4.98 Å². The molecule has 1 aromatic carbocycles. The number of hydrogen-bond acceptors (Lipinski definition) is 7. The van der Waals surface area contributed by atoms with Crippen LogP contribution in [0.25, 0.3) is 0 Å². The molecule has 0 bridgehead atoms. The van der Waals surface area contributed by atoms with Gasteiger partial charge in [-0.2, -0.15) is 5.10 Å². The van der Waals surface area contributed by atoms with Crippen molar-refractivity contribution >= 4 is 29.3 Å². The summed E-state index contributed by atoms with van der Waals surface area (Å²) in [5, 5.41) is 15.2.